The minimum atomic E-state index is -3.93. The molecule has 1 rings (SSSR count). The Morgan fingerprint density at radius 1 is 1.47 bits per heavy atom. The summed E-state index contributed by atoms with van der Waals surface area (Å²) in [7, 11) is 2.62. The Morgan fingerprint density at radius 3 is 2.47 bits per heavy atom. The van der Waals surface area contributed by atoms with Crippen LogP contribution in [0.1, 0.15) is 17.4 Å². The third-order valence-electron chi connectivity index (χ3n) is 1.95. The first-order chi connectivity index (χ1) is 7.77. The van der Waals surface area contributed by atoms with Crippen LogP contribution in [-0.4, -0.2) is 31.3 Å². The summed E-state index contributed by atoms with van der Waals surface area (Å²) in [6.07, 6.45) is 1.15. The lowest BCUT2D eigenvalue weighted by atomic mass is 10.3. The quantitative estimate of drug-likeness (QED) is 0.351. The van der Waals surface area contributed by atoms with Gasteiger partial charge in [0.15, 0.2) is 0 Å². The largest absolute Gasteiger partial charge is 0.460 e. The maximum absolute atomic E-state index is 11.6. The van der Waals surface area contributed by atoms with Gasteiger partial charge in [-0.15, -0.1) is 0 Å². The number of ether oxygens (including phenoxy) is 1. The highest BCUT2D eigenvalue weighted by Crippen LogP contribution is 2.18. The van der Waals surface area contributed by atoms with Gasteiger partial charge in [0.1, 0.15) is 4.90 Å². The van der Waals surface area contributed by atoms with Crippen LogP contribution in [0, 0.1) is 0 Å². The molecule has 1 heterocycles. The molecule has 17 heavy (non-hydrogen) atoms. The second-order valence-electron chi connectivity index (χ2n) is 3.16. The van der Waals surface area contributed by atoms with E-state index in [1.807, 2.05) is 0 Å². The number of aryl methyl sites for hydroxylation is 1. The zero-order valence-electron chi connectivity index (χ0n) is 9.14. The monoisotopic (exact) mass is 279 g/mol. The van der Waals surface area contributed by atoms with E-state index in [0.29, 0.717) is 0 Å². The van der Waals surface area contributed by atoms with Crippen LogP contribution >= 0.6 is 10.7 Å². The first kappa shape index (κ1) is 13.7. The molecule has 0 amide bonds. The standard InChI is InChI=1S/C9H10ClNO5S/c1-3-16-9(13)8(12)7-4-6(5-11(7)2)17(10,14)15/h4-5H,3H2,1-2H3. The molecule has 94 valence electrons. The van der Waals surface area contributed by atoms with E-state index in [1.54, 1.807) is 6.92 Å². The molecule has 0 radical (unpaired) electrons. The first-order valence-electron chi connectivity index (χ1n) is 4.59. The number of rotatable bonds is 4. The molecule has 8 heteroatoms. The van der Waals surface area contributed by atoms with Gasteiger partial charge < -0.3 is 9.30 Å². The molecule has 0 aliphatic heterocycles. The summed E-state index contributed by atoms with van der Waals surface area (Å²) in [6, 6.07) is 1.03. The lowest BCUT2D eigenvalue weighted by Gasteiger charge is -2.01. The molecule has 0 fully saturated rings. The van der Waals surface area contributed by atoms with Gasteiger partial charge in [-0.3, -0.25) is 4.79 Å². The molecule has 0 aliphatic carbocycles. The zero-order chi connectivity index (χ0) is 13.2. The fourth-order valence-corrected chi connectivity index (χ4v) is 1.98. The van der Waals surface area contributed by atoms with Gasteiger partial charge in [-0.2, -0.15) is 0 Å². The maximum atomic E-state index is 11.6. The molecule has 0 bridgehead atoms. The van der Waals surface area contributed by atoms with Crippen molar-refractivity contribution in [3.8, 4) is 0 Å². The molecular formula is C9H10ClNO5S. The molecule has 0 unspecified atom stereocenters. The zero-order valence-corrected chi connectivity index (χ0v) is 10.7. The second-order valence-corrected chi connectivity index (χ2v) is 5.73. The number of esters is 1. The normalized spacial score (nSPS) is 11.2. The van der Waals surface area contributed by atoms with E-state index in [4.69, 9.17) is 10.7 Å². The summed E-state index contributed by atoms with van der Waals surface area (Å²) < 4.78 is 27.8. The molecule has 0 saturated carbocycles. The minimum absolute atomic E-state index is 0.0651. The summed E-state index contributed by atoms with van der Waals surface area (Å²) in [5, 5.41) is 0. The number of carbonyl (C=O) groups is 2. The van der Waals surface area contributed by atoms with Crippen LogP contribution in [0.15, 0.2) is 17.2 Å². The molecule has 0 aromatic carbocycles. The van der Waals surface area contributed by atoms with E-state index in [1.165, 1.54) is 11.6 Å². The first-order valence-corrected chi connectivity index (χ1v) is 6.90. The van der Waals surface area contributed by atoms with Crippen molar-refractivity contribution in [2.45, 2.75) is 11.8 Å². The van der Waals surface area contributed by atoms with Gasteiger partial charge in [0, 0.05) is 23.9 Å². The Kier molecular flexibility index (Phi) is 3.94. The van der Waals surface area contributed by atoms with E-state index in [-0.39, 0.29) is 17.2 Å². The number of hydrogen-bond donors (Lipinski definition) is 0. The Morgan fingerprint density at radius 2 is 2.06 bits per heavy atom. The molecule has 6 nitrogen and oxygen atoms in total. The summed E-state index contributed by atoms with van der Waals surface area (Å²) in [5.41, 5.74) is -0.0947. The van der Waals surface area contributed by atoms with Crippen molar-refractivity contribution in [2.75, 3.05) is 6.61 Å². The van der Waals surface area contributed by atoms with E-state index in [0.717, 1.165) is 12.3 Å². The van der Waals surface area contributed by atoms with Crippen molar-refractivity contribution in [3.63, 3.8) is 0 Å². The Labute approximate surface area is 103 Å². The van der Waals surface area contributed by atoms with Crippen molar-refractivity contribution in [3.05, 3.63) is 18.0 Å². The molecule has 0 aliphatic rings. The van der Waals surface area contributed by atoms with Crippen LogP contribution in [0.5, 0.6) is 0 Å². The topological polar surface area (TPSA) is 82.4 Å². The van der Waals surface area contributed by atoms with Crippen molar-refractivity contribution in [2.24, 2.45) is 7.05 Å². The average Bonchev–Trinajstić information content (AvgIpc) is 2.59. The Bertz CT molecular complexity index is 560. The SMILES string of the molecule is CCOC(=O)C(=O)c1cc(S(=O)(=O)Cl)cn1C. The van der Waals surface area contributed by atoms with Crippen molar-refractivity contribution >= 4 is 31.5 Å². The van der Waals surface area contributed by atoms with Crippen molar-refractivity contribution in [1.29, 1.82) is 0 Å². The second kappa shape index (κ2) is 4.89. The highest BCUT2D eigenvalue weighted by atomic mass is 35.7. The third-order valence-corrected chi connectivity index (χ3v) is 3.28. The fraction of sp³-hybridized carbons (Fsp3) is 0.333. The van der Waals surface area contributed by atoms with Crippen LogP contribution < -0.4 is 0 Å². The summed E-state index contributed by atoms with van der Waals surface area (Å²) in [5.74, 6) is -1.95. The molecule has 1 aromatic rings. The van der Waals surface area contributed by atoms with Gasteiger partial charge in [-0.25, -0.2) is 13.2 Å². The van der Waals surface area contributed by atoms with E-state index < -0.39 is 20.8 Å². The van der Waals surface area contributed by atoms with Crippen LogP contribution in [0.2, 0.25) is 0 Å². The summed E-state index contributed by atoms with van der Waals surface area (Å²) in [6.45, 7) is 1.63. The van der Waals surface area contributed by atoms with E-state index >= 15 is 0 Å². The fourth-order valence-electron chi connectivity index (χ4n) is 1.19. The lowest BCUT2D eigenvalue weighted by Crippen LogP contribution is -2.19. The predicted molar refractivity (Wildman–Crippen MR) is 59.4 cm³/mol. The molecule has 1 aromatic heterocycles. The van der Waals surface area contributed by atoms with Gasteiger partial charge in [-0.1, -0.05) is 0 Å². The lowest BCUT2D eigenvalue weighted by molar-refractivity contribution is -0.137. The smallest absolute Gasteiger partial charge is 0.381 e. The van der Waals surface area contributed by atoms with Gasteiger partial charge in [0.05, 0.1) is 12.3 Å². The van der Waals surface area contributed by atoms with Crippen molar-refractivity contribution < 1.29 is 22.7 Å². The number of nitrogens with zero attached hydrogens (tertiary/aromatic N) is 1. The van der Waals surface area contributed by atoms with Gasteiger partial charge >= 0.3 is 5.97 Å². The van der Waals surface area contributed by atoms with Crippen molar-refractivity contribution in [1.82, 2.24) is 4.57 Å². The highest BCUT2D eigenvalue weighted by Gasteiger charge is 2.24. The van der Waals surface area contributed by atoms with Gasteiger partial charge in [-0.05, 0) is 13.0 Å². The van der Waals surface area contributed by atoms with E-state index in [2.05, 4.69) is 4.74 Å². The van der Waals surface area contributed by atoms with Crippen LogP contribution in [0.4, 0.5) is 0 Å². The predicted octanol–water partition coefficient (Wildman–Crippen LogP) is 0.698. The molecule has 0 atom stereocenters. The Hall–Kier alpha value is -1.34. The Balaban J connectivity index is 3.12. The average molecular weight is 280 g/mol. The number of halogens is 1. The number of aromatic nitrogens is 1. The summed E-state index contributed by atoms with van der Waals surface area (Å²) in [4.78, 5) is 22.5. The van der Waals surface area contributed by atoms with Crippen LogP contribution in [0.3, 0.4) is 0 Å². The van der Waals surface area contributed by atoms with E-state index in [9.17, 15) is 18.0 Å². The molecule has 0 N–H and O–H groups in total. The number of ketones is 1. The molecule has 0 spiro atoms. The maximum Gasteiger partial charge on any atom is 0.381 e. The summed E-state index contributed by atoms with van der Waals surface area (Å²) >= 11 is 0. The number of hydrogen-bond acceptors (Lipinski definition) is 5. The number of Topliss-reactive ketones (excluding diaryl/α,β-unsaturated/α-hetero) is 1. The third kappa shape index (κ3) is 3.07. The van der Waals surface area contributed by atoms with Gasteiger partial charge in [0.25, 0.3) is 14.8 Å². The number of carbonyl (C=O) groups excluding carboxylic acids is 2. The minimum Gasteiger partial charge on any atom is -0.460 e. The molecule has 0 saturated heterocycles. The van der Waals surface area contributed by atoms with Gasteiger partial charge in [0.2, 0.25) is 0 Å². The molecular weight excluding hydrogens is 270 g/mol. The highest BCUT2D eigenvalue weighted by molar-refractivity contribution is 8.13. The van der Waals surface area contributed by atoms with Crippen LogP contribution in [-0.2, 0) is 25.6 Å². The van der Waals surface area contributed by atoms with Crippen LogP contribution in [0.25, 0.3) is 0 Å².